The highest BCUT2D eigenvalue weighted by atomic mass is 16.5. The molecule has 1 aromatic heterocycles. The predicted octanol–water partition coefficient (Wildman–Crippen LogP) is 2.27. The molecule has 0 saturated heterocycles. The van der Waals surface area contributed by atoms with Crippen LogP contribution >= 0.6 is 0 Å². The molecule has 1 rings (SSSR count). The zero-order valence-corrected chi connectivity index (χ0v) is 11.4. The first-order valence-electron chi connectivity index (χ1n) is 6.40. The number of rotatable bonds is 9. The van der Waals surface area contributed by atoms with E-state index in [2.05, 4.69) is 27.2 Å². The molecule has 1 N–H and O–H groups in total. The lowest BCUT2D eigenvalue weighted by molar-refractivity contribution is 0.272. The second kappa shape index (κ2) is 8.49. The fourth-order valence-electron chi connectivity index (χ4n) is 1.47. The van der Waals surface area contributed by atoms with Crippen LogP contribution < -0.4 is 14.8 Å². The minimum absolute atomic E-state index is 0.260. The Morgan fingerprint density at radius 3 is 2.39 bits per heavy atom. The third kappa shape index (κ3) is 5.16. The Balaban J connectivity index is 2.36. The highest BCUT2D eigenvalue weighted by Gasteiger charge is 2.06. The number of nitrogens with one attached hydrogen (secondary N) is 1. The summed E-state index contributed by atoms with van der Waals surface area (Å²) in [6, 6.07) is 0.567. The van der Waals surface area contributed by atoms with E-state index < -0.39 is 0 Å². The molecule has 18 heavy (non-hydrogen) atoms. The smallest absolute Gasteiger partial charge is 0.324 e. The summed E-state index contributed by atoms with van der Waals surface area (Å²) < 4.78 is 10.5. The summed E-state index contributed by atoms with van der Waals surface area (Å²) in [6.07, 6.45) is 5.97. The van der Waals surface area contributed by atoms with E-state index in [1.807, 2.05) is 0 Å². The van der Waals surface area contributed by atoms with Gasteiger partial charge in [-0.2, -0.15) is 9.97 Å². The maximum atomic E-state index is 5.49. The summed E-state index contributed by atoms with van der Waals surface area (Å²) in [5.74, 6) is 0.447. The van der Waals surface area contributed by atoms with E-state index in [4.69, 9.17) is 9.47 Å². The fourth-order valence-corrected chi connectivity index (χ4v) is 1.47. The normalized spacial score (nSPS) is 10.2. The molecule has 6 heteroatoms. The van der Waals surface area contributed by atoms with E-state index in [-0.39, 0.29) is 6.01 Å². The van der Waals surface area contributed by atoms with Gasteiger partial charge in [-0.1, -0.05) is 32.6 Å². The van der Waals surface area contributed by atoms with Gasteiger partial charge in [-0.3, -0.25) is 0 Å². The lowest BCUT2D eigenvalue weighted by Crippen LogP contribution is -2.06. The maximum Gasteiger partial charge on any atom is 0.324 e. The van der Waals surface area contributed by atoms with Gasteiger partial charge in [0.15, 0.2) is 0 Å². The number of methoxy groups -OCH3 is 1. The number of hydrogen-bond donors (Lipinski definition) is 1. The zero-order chi connectivity index (χ0) is 13.2. The molecule has 0 aliphatic rings. The van der Waals surface area contributed by atoms with E-state index in [1.54, 1.807) is 7.05 Å². The summed E-state index contributed by atoms with van der Waals surface area (Å²) in [4.78, 5) is 12.1. The maximum absolute atomic E-state index is 5.49. The molecule has 1 aromatic rings. The van der Waals surface area contributed by atoms with Gasteiger partial charge in [0.25, 0.3) is 0 Å². The number of anilines is 1. The molecule has 102 valence electrons. The van der Waals surface area contributed by atoms with Crippen molar-refractivity contribution in [3.05, 3.63) is 0 Å². The molecule has 0 aromatic carbocycles. The fraction of sp³-hybridized carbons (Fsp3) is 0.750. The van der Waals surface area contributed by atoms with Crippen molar-refractivity contribution in [2.24, 2.45) is 0 Å². The highest BCUT2D eigenvalue weighted by molar-refractivity contribution is 5.26. The zero-order valence-electron chi connectivity index (χ0n) is 11.4. The Bertz CT molecular complexity index is 325. The van der Waals surface area contributed by atoms with Gasteiger partial charge in [-0.05, 0) is 6.42 Å². The minimum Gasteiger partial charge on any atom is -0.467 e. The van der Waals surface area contributed by atoms with Crippen LogP contribution in [0.2, 0.25) is 0 Å². The van der Waals surface area contributed by atoms with Crippen molar-refractivity contribution in [3.63, 3.8) is 0 Å². The Kier molecular flexibility index (Phi) is 6.83. The Labute approximate surface area is 108 Å². The van der Waals surface area contributed by atoms with E-state index in [0.717, 1.165) is 6.42 Å². The van der Waals surface area contributed by atoms with E-state index in [0.29, 0.717) is 18.6 Å². The van der Waals surface area contributed by atoms with Crippen molar-refractivity contribution in [3.8, 4) is 12.0 Å². The van der Waals surface area contributed by atoms with Crippen molar-refractivity contribution in [1.29, 1.82) is 0 Å². The molecule has 0 unspecified atom stereocenters. The molecule has 0 radical (unpaired) electrons. The van der Waals surface area contributed by atoms with Crippen molar-refractivity contribution >= 4 is 5.95 Å². The molecule has 0 saturated carbocycles. The van der Waals surface area contributed by atoms with Gasteiger partial charge < -0.3 is 14.8 Å². The Hall–Kier alpha value is -1.59. The van der Waals surface area contributed by atoms with Crippen LogP contribution in [0.3, 0.4) is 0 Å². The van der Waals surface area contributed by atoms with Crippen LogP contribution in [0.1, 0.15) is 39.0 Å². The van der Waals surface area contributed by atoms with Crippen LogP contribution in [0, 0.1) is 0 Å². The quantitative estimate of drug-likeness (QED) is 0.682. The summed E-state index contributed by atoms with van der Waals surface area (Å²) in [5, 5.41) is 2.84. The van der Waals surface area contributed by atoms with Gasteiger partial charge in [-0.15, -0.1) is 4.98 Å². The number of nitrogens with zero attached hydrogens (tertiary/aromatic N) is 3. The number of ether oxygens (including phenoxy) is 2. The summed E-state index contributed by atoms with van der Waals surface area (Å²) in [5.41, 5.74) is 0. The lowest BCUT2D eigenvalue weighted by Gasteiger charge is -2.07. The van der Waals surface area contributed by atoms with Crippen molar-refractivity contribution < 1.29 is 9.47 Å². The van der Waals surface area contributed by atoms with Gasteiger partial charge in [0.1, 0.15) is 0 Å². The Morgan fingerprint density at radius 2 is 1.72 bits per heavy atom. The average Bonchev–Trinajstić information content (AvgIpc) is 2.42. The first-order valence-corrected chi connectivity index (χ1v) is 6.40. The summed E-state index contributed by atoms with van der Waals surface area (Å²) >= 11 is 0. The molecular weight excluding hydrogens is 232 g/mol. The van der Waals surface area contributed by atoms with Crippen molar-refractivity contribution in [1.82, 2.24) is 15.0 Å². The monoisotopic (exact) mass is 254 g/mol. The van der Waals surface area contributed by atoms with E-state index >= 15 is 0 Å². The van der Waals surface area contributed by atoms with Crippen LogP contribution in [0.25, 0.3) is 0 Å². The second-order valence-corrected chi connectivity index (χ2v) is 3.94. The topological polar surface area (TPSA) is 69.2 Å². The number of aromatic nitrogens is 3. The summed E-state index contributed by atoms with van der Waals surface area (Å²) in [7, 11) is 3.26. The van der Waals surface area contributed by atoms with E-state index in [9.17, 15) is 0 Å². The largest absolute Gasteiger partial charge is 0.467 e. The molecule has 0 amide bonds. The number of hydrogen-bond acceptors (Lipinski definition) is 6. The first kappa shape index (κ1) is 14.5. The van der Waals surface area contributed by atoms with E-state index in [1.165, 1.54) is 32.8 Å². The molecule has 0 aliphatic carbocycles. The lowest BCUT2D eigenvalue weighted by atomic mass is 10.2. The molecule has 0 aliphatic heterocycles. The summed E-state index contributed by atoms with van der Waals surface area (Å²) in [6.45, 7) is 2.83. The molecule has 0 fully saturated rings. The van der Waals surface area contributed by atoms with Gasteiger partial charge >= 0.3 is 12.0 Å². The molecule has 1 heterocycles. The van der Waals surface area contributed by atoms with Gasteiger partial charge in [0.2, 0.25) is 5.95 Å². The van der Waals surface area contributed by atoms with Gasteiger partial charge in [0.05, 0.1) is 13.7 Å². The Morgan fingerprint density at radius 1 is 1.00 bits per heavy atom. The van der Waals surface area contributed by atoms with Gasteiger partial charge in [0, 0.05) is 7.05 Å². The first-order chi connectivity index (χ1) is 8.80. The molecule has 0 atom stereocenters. The SMILES string of the molecule is CCCCCCCOc1nc(NC)nc(OC)n1. The van der Waals surface area contributed by atoms with Crippen molar-refractivity contribution in [2.45, 2.75) is 39.0 Å². The molecule has 6 nitrogen and oxygen atoms in total. The van der Waals surface area contributed by atoms with Crippen LogP contribution in [-0.4, -0.2) is 35.7 Å². The number of unbranched alkanes of at least 4 members (excludes halogenated alkanes) is 4. The standard InChI is InChI=1S/C12H22N4O2/c1-4-5-6-7-8-9-18-12-15-10(13-2)14-11(16-12)17-3/h4-9H2,1-3H3,(H,13,14,15,16). The minimum atomic E-state index is 0.260. The van der Waals surface area contributed by atoms with Crippen LogP contribution in [0.15, 0.2) is 0 Å². The second-order valence-electron chi connectivity index (χ2n) is 3.94. The highest BCUT2D eigenvalue weighted by Crippen LogP contribution is 2.12. The van der Waals surface area contributed by atoms with Crippen molar-refractivity contribution in [2.75, 3.05) is 26.1 Å². The molecular formula is C12H22N4O2. The van der Waals surface area contributed by atoms with Crippen LogP contribution in [0.4, 0.5) is 5.95 Å². The van der Waals surface area contributed by atoms with Crippen LogP contribution in [0.5, 0.6) is 12.0 Å². The third-order valence-corrected chi connectivity index (χ3v) is 2.48. The third-order valence-electron chi connectivity index (χ3n) is 2.48. The average molecular weight is 254 g/mol. The molecule has 0 spiro atoms. The van der Waals surface area contributed by atoms with Gasteiger partial charge in [-0.25, -0.2) is 0 Å². The predicted molar refractivity (Wildman–Crippen MR) is 70.2 cm³/mol. The molecule has 0 bridgehead atoms. The van der Waals surface area contributed by atoms with Crippen LogP contribution in [-0.2, 0) is 0 Å².